The Labute approximate surface area is 95.9 Å². The predicted molar refractivity (Wildman–Crippen MR) is 66.1 cm³/mol. The zero-order chi connectivity index (χ0) is 11.3. The van der Waals surface area contributed by atoms with Crippen LogP contribution in [0.3, 0.4) is 0 Å². The van der Waals surface area contributed by atoms with Crippen molar-refractivity contribution in [3.63, 3.8) is 0 Å². The Hall–Kier alpha value is -0.510. The highest BCUT2D eigenvalue weighted by Crippen LogP contribution is 2.21. The molecule has 84 valence electrons. The fourth-order valence-electron chi connectivity index (χ4n) is 1.21. The van der Waals surface area contributed by atoms with Gasteiger partial charge >= 0.3 is 0 Å². The van der Waals surface area contributed by atoms with Crippen LogP contribution in [0.2, 0.25) is 0 Å². The Balaban J connectivity index is 2.43. The molecule has 1 aromatic carbocycles. The van der Waals surface area contributed by atoms with Crippen LogP contribution in [0.25, 0.3) is 0 Å². The van der Waals surface area contributed by atoms with Gasteiger partial charge in [0.25, 0.3) is 0 Å². The van der Waals surface area contributed by atoms with Gasteiger partial charge in [-0.1, -0.05) is 12.1 Å². The van der Waals surface area contributed by atoms with Crippen LogP contribution in [0, 0.1) is 0 Å². The maximum Gasteiger partial charge on any atom is 0.0520 e. The van der Waals surface area contributed by atoms with Crippen LogP contribution in [-0.2, 0) is 0 Å². The molecule has 15 heavy (non-hydrogen) atoms. The van der Waals surface area contributed by atoms with E-state index in [0.717, 1.165) is 17.7 Å². The van der Waals surface area contributed by atoms with Crippen molar-refractivity contribution in [3.05, 3.63) is 29.8 Å². The van der Waals surface area contributed by atoms with Crippen LogP contribution in [0.15, 0.2) is 29.2 Å². The van der Waals surface area contributed by atoms with Crippen LogP contribution in [0.1, 0.15) is 31.9 Å². The van der Waals surface area contributed by atoms with Crippen LogP contribution >= 0.6 is 11.8 Å². The molecule has 0 radical (unpaired) electrons. The van der Waals surface area contributed by atoms with Gasteiger partial charge in [0.2, 0.25) is 0 Å². The van der Waals surface area contributed by atoms with E-state index in [4.69, 9.17) is 10.8 Å². The zero-order valence-electron chi connectivity index (χ0n) is 9.31. The van der Waals surface area contributed by atoms with Gasteiger partial charge in [0.05, 0.1) is 6.10 Å². The molecule has 0 heterocycles. The highest BCUT2D eigenvalue weighted by atomic mass is 32.2. The molecule has 1 rings (SSSR count). The van der Waals surface area contributed by atoms with E-state index in [1.807, 2.05) is 13.8 Å². The summed E-state index contributed by atoms with van der Waals surface area (Å²) in [6.45, 7) is 3.80. The first kappa shape index (κ1) is 12.6. The van der Waals surface area contributed by atoms with Crippen molar-refractivity contribution in [1.82, 2.24) is 0 Å². The summed E-state index contributed by atoms with van der Waals surface area (Å²) >= 11 is 1.77. The maximum absolute atomic E-state index is 9.12. The molecular weight excluding hydrogens is 206 g/mol. The lowest BCUT2D eigenvalue weighted by molar-refractivity contribution is 0.192. The Morgan fingerprint density at radius 2 is 1.87 bits per heavy atom. The first-order chi connectivity index (χ1) is 7.09. The normalized spacial score (nSPS) is 14.9. The second kappa shape index (κ2) is 6.16. The molecule has 0 aliphatic rings. The van der Waals surface area contributed by atoms with Crippen LogP contribution < -0.4 is 5.73 Å². The Kier molecular flexibility index (Phi) is 5.15. The third-order valence-corrected chi connectivity index (χ3v) is 3.26. The van der Waals surface area contributed by atoms with Crippen molar-refractivity contribution in [2.75, 3.05) is 5.75 Å². The average molecular weight is 225 g/mol. The maximum atomic E-state index is 9.12. The number of aliphatic hydroxyl groups excluding tert-OH is 1. The van der Waals surface area contributed by atoms with Gasteiger partial charge in [-0.25, -0.2) is 0 Å². The van der Waals surface area contributed by atoms with Gasteiger partial charge in [0.15, 0.2) is 0 Å². The molecule has 2 nitrogen and oxygen atoms in total. The summed E-state index contributed by atoms with van der Waals surface area (Å²) in [4.78, 5) is 1.24. The number of aliphatic hydroxyl groups is 1. The molecule has 0 bridgehead atoms. The highest BCUT2D eigenvalue weighted by molar-refractivity contribution is 7.99. The summed E-state index contributed by atoms with van der Waals surface area (Å²) in [6.07, 6.45) is 0.625. The molecule has 0 saturated carbocycles. The lowest BCUT2D eigenvalue weighted by Gasteiger charge is -2.07. The second-order valence-electron chi connectivity index (χ2n) is 3.84. The Morgan fingerprint density at radius 3 is 2.33 bits per heavy atom. The van der Waals surface area contributed by atoms with Gasteiger partial charge in [0.1, 0.15) is 0 Å². The van der Waals surface area contributed by atoms with Crippen molar-refractivity contribution in [1.29, 1.82) is 0 Å². The monoisotopic (exact) mass is 225 g/mol. The molecule has 0 saturated heterocycles. The SMILES string of the molecule is CC(O)CCSc1ccc(C(C)N)cc1. The van der Waals surface area contributed by atoms with E-state index in [2.05, 4.69) is 24.3 Å². The van der Waals surface area contributed by atoms with E-state index in [1.54, 1.807) is 11.8 Å². The minimum absolute atomic E-state index is 0.0986. The molecule has 0 aromatic heterocycles. The fraction of sp³-hybridized carbons (Fsp3) is 0.500. The molecule has 3 N–H and O–H groups in total. The smallest absolute Gasteiger partial charge is 0.0520 e. The number of nitrogens with two attached hydrogens (primary N) is 1. The molecule has 0 fully saturated rings. The van der Waals surface area contributed by atoms with Gasteiger partial charge in [-0.2, -0.15) is 0 Å². The summed E-state index contributed by atoms with van der Waals surface area (Å²) in [6, 6.07) is 8.41. The van der Waals surface area contributed by atoms with Crippen molar-refractivity contribution in [2.24, 2.45) is 5.73 Å². The number of thioether (sulfide) groups is 1. The molecule has 0 aliphatic carbocycles. The lowest BCUT2D eigenvalue weighted by Crippen LogP contribution is -2.04. The van der Waals surface area contributed by atoms with E-state index in [0.29, 0.717) is 0 Å². The summed E-state index contributed by atoms with van der Waals surface area (Å²) in [5.41, 5.74) is 6.93. The molecular formula is C12H19NOS. The largest absolute Gasteiger partial charge is 0.393 e. The first-order valence-electron chi connectivity index (χ1n) is 5.26. The average Bonchev–Trinajstić information content (AvgIpc) is 2.18. The zero-order valence-corrected chi connectivity index (χ0v) is 10.1. The van der Waals surface area contributed by atoms with Crippen molar-refractivity contribution >= 4 is 11.8 Å². The molecule has 3 heteroatoms. The summed E-state index contributed by atoms with van der Waals surface area (Å²) < 4.78 is 0. The Bertz CT molecular complexity index is 282. The van der Waals surface area contributed by atoms with E-state index in [-0.39, 0.29) is 12.1 Å². The van der Waals surface area contributed by atoms with Gasteiger partial charge in [-0.05, 0) is 38.0 Å². The number of hydrogen-bond donors (Lipinski definition) is 2. The van der Waals surface area contributed by atoms with Gasteiger partial charge in [0, 0.05) is 16.7 Å². The molecule has 0 aliphatic heterocycles. The fourth-order valence-corrected chi connectivity index (χ4v) is 2.24. The van der Waals surface area contributed by atoms with E-state index >= 15 is 0 Å². The van der Waals surface area contributed by atoms with Crippen molar-refractivity contribution in [3.8, 4) is 0 Å². The van der Waals surface area contributed by atoms with E-state index < -0.39 is 0 Å². The predicted octanol–water partition coefficient (Wildman–Crippen LogP) is 2.57. The summed E-state index contributed by atoms with van der Waals surface area (Å²) in [5.74, 6) is 0.954. The van der Waals surface area contributed by atoms with Gasteiger partial charge < -0.3 is 10.8 Å². The van der Waals surface area contributed by atoms with E-state index in [9.17, 15) is 0 Å². The minimum Gasteiger partial charge on any atom is -0.393 e. The topological polar surface area (TPSA) is 46.2 Å². The summed E-state index contributed by atoms with van der Waals surface area (Å²) in [5, 5.41) is 9.12. The molecule has 2 unspecified atom stereocenters. The van der Waals surface area contributed by atoms with Crippen LogP contribution in [0.5, 0.6) is 0 Å². The molecule has 0 spiro atoms. The van der Waals surface area contributed by atoms with Gasteiger partial charge in [-0.15, -0.1) is 11.8 Å². The first-order valence-corrected chi connectivity index (χ1v) is 6.24. The number of rotatable bonds is 5. The number of benzene rings is 1. The highest BCUT2D eigenvalue weighted by Gasteiger charge is 2.00. The van der Waals surface area contributed by atoms with Crippen molar-refractivity contribution < 1.29 is 5.11 Å². The van der Waals surface area contributed by atoms with Crippen LogP contribution in [-0.4, -0.2) is 17.0 Å². The molecule has 1 aromatic rings. The van der Waals surface area contributed by atoms with Gasteiger partial charge in [-0.3, -0.25) is 0 Å². The Morgan fingerprint density at radius 1 is 1.27 bits per heavy atom. The van der Waals surface area contributed by atoms with Crippen molar-refractivity contribution in [2.45, 2.75) is 37.3 Å². The quantitative estimate of drug-likeness (QED) is 0.757. The minimum atomic E-state index is -0.208. The third kappa shape index (κ3) is 4.69. The number of hydrogen-bond acceptors (Lipinski definition) is 3. The second-order valence-corrected chi connectivity index (χ2v) is 5.01. The van der Waals surface area contributed by atoms with Crippen LogP contribution in [0.4, 0.5) is 0 Å². The standard InChI is InChI=1S/C12H19NOS/c1-9(14)7-8-15-12-5-3-11(4-6-12)10(2)13/h3-6,9-10,14H,7-8,13H2,1-2H3. The molecule has 2 atom stereocenters. The molecule has 0 amide bonds. The lowest BCUT2D eigenvalue weighted by atomic mass is 10.1. The summed E-state index contributed by atoms with van der Waals surface area (Å²) in [7, 11) is 0. The third-order valence-electron chi connectivity index (χ3n) is 2.21. The van der Waals surface area contributed by atoms with E-state index in [1.165, 1.54) is 4.90 Å².